The van der Waals surface area contributed by atoms with E-state index in [1.54, 1.807) is 16.8 Å². The van der Waals surface area contributed by atoms with Crippen molar-refractivity contribution in [3.8, 4) is 5.69 Å². The number of nitrogens with zero attached hydrogens (tertiary/aromatic N) is 2. The lowest BCUT2D eigenvalue weighted by Crippen LogP contribution is -2.12. The van der Waals surface area contributed by atoms with Crippen molar-refractivity contribution in [2.45, 2.75) is 13.3 Å². The summed E-state index contributed by atoms with van der Waals surface area (Å²) in [4.78, 5) is 21.9. The van der Waals surface area contributed by atoms with Crippen molar-refractivity contribution >= 4 is 5.69 Å². The molecule has 19 heavy (non-hydrogen) atoms. The number of nitrogens with two attached hydrogens (primary N) is 1. The summed E-state index contributed by atoms with van der Waals surface area (Å²) in [6.07, 6.45) is 0.501. The molecule has 0 saturated heterocycles. The fourth-order valence-corrected chi connectivity index (χ4v) is 1.97. The van der Waals surface area contributed by atoms with E-state index in [9.17, 15) is 14.9 Å². The van der Waals surface area contributed by atoms with Crippen LogP contribution in [0.2, 0.25) is 0 Å². The SMILES string of the molecule is Cc1c(CCN)c(=O)[nH]n1-c1ccc([N+](=O)[O-])cc1. The van der Waals surface area contributed by atoms with Gasteiger partial charge in [-0.15, -0.1) is 0 Å². The third kappa shape index (κ3) is 2.41. The minimum atomic E-state index is -0.463. The average Bonchev–Trinajstić information content (AvgIpc) is 2.67. The number of aromatic amines is 1. The van der Waals surface area contributed by atoms with Crippen molar-refractivity contribution in [1.82, 2.24) is 9.78 Å². The highest BCUT2D eigenvalue weighted by Crippen LogP contribution is 2.16. The van der Waals surface area contributed by atoms with Crippen molar-refractivity contribution in [2.75, 3.05) is 6.54 Å². The first kappa shape index (κ1) is 13.0. The van der Waals surface area contributed by atoms with E-state index in [-0.39, 0.29) is 11.2 Å². The summed E-state index contributed by atoms with van der Waals surface area (Å²) in [6, 6.07) is 5.98. The van der Waals surface area contributed by atoms with Crippen LogP contribution in [0.4, 0.5) is 5.69 Å². The predicted molar refractivity (Wildman–Crippen MR) is 70.5 cm³/mol. The van der Waals surface area contributed by atoms with Crippen LogP contribution in [-0.2, 0) is 6.42 Å². The molecule has 0 fully saturated rings. The van der Waals surface area contributed by atoms with E-state index in [0.29, 0.717) is 24.2 Å². The normalized spacial score (nSPS) is 10.6. The number of non-ortho nitro benzene ring substituents is 1. The van der Waals surface area contributed by atoms with E-state index in [1.807, 2.05) is 6.92 Å². The van der Waals surface area contributed by atoms with E-state index in [4.69, 9.17) is 5.73 Å². The molecule has 100 valence electrons. The molecule has 0 saturated carbocycles. The third-order valence-electron chi connectivity index (χ3n) is 2.97. The van der Waals surface area contributed by atoms with Crippen molar-refractivity contribution in [3.05, 3.63) is 56.0 Å². The Morgan fingerprint density at radius 3 is 2.53 bits per heavy atom. The largest absolute Gasteiger partial charge is 0.330 e. The Hall–Kier alpha value is -2.41. The molecular weight excluding hydrogens is 248 g/mol. The summed E-state index contributed by atoms with van der Waals surface area (Å²) in [5.74, 6) is 0. The zero-order valence-corrected chi connectivity index (χ0v) is 10.4. The van der Waals surface area contributed by atoms with Crippen LogP contribution < -0.4 is 11.3 Å². The first-order valence-corrected chi connectivity index (χ1v) is 5.80. The minimum Gasteiger partial charge on any atom is -0.330 e. The van der Waals surface area contributed by atoms with Gasteiger partial charge in [0.15, 0.2) is 0 Å². The lowest BCUT2D eigenvalue weighted by molar-refractivity contribution is -0.384. The molecule has 2 aromatic rings. The molecule has 2 rings (SSSR count). The average molecular weight is 262 g/mol. The van der Waals surface area contributed by atoms with Gasteiger partial charge >= 0.3 is 0 Å². The minimum absolute atomic E-state index is 0.0121. The van der Waals surface area contributed by atoms with Crippen molar-refractivity contribution in [1.29, 1.82) is 0 Å². The van der Waals surface area contributed by atoms with Gasteiger partial charge in [0, 0.05) is 23.4 Å². The monoisotopic (exact) mass is 262 g/mol. The highest BCUT2D eigenvalue weighted by molar-refractivity contribution is 5.42. The summed E-state index contributed by atoms with van der Waals surface area (Å²) in [6.45, 7) is 2.21. The van der Waals surface area contributed by atoms with Gasteiger partial charge in [-0.2, -0.15) is 0 Å². The molecule has 0 bridgehead atoms. The van der Waals surface area contributed by atoms with Gasteiger partial charge in [0.1, 0.15) is 0 Å². The van der Waals surface area contributed by atoms with Gasteiger partial charge in [-0.25, -0.2) is 0 Å². The Kier molecular flexibility index (Phi) is 3.48. The summed E-state index contributed by atoms with van der Waals surface area (Å²) in [5.41, 5.74) is 7.37. The summed E-state index contributed by atoms with van der Waals surface area (Å²) in [5, 5.41) is 13.3. The van der Waals surface area contributed by atoms with E-state index in [0.717, 1.165) is 5.69 Å². The topological polar surface area (TPSA) is 107 Å². The number of hydrogen-bond donors (Lipinski definition) is 2. The second-order valence-electron chi connectivity index (χ2n) is 4.15. The Bertz CT molecular complexity index is 655. The smallest absolute Gasteiger partial charge is 0.269 e. The van der Waals surface area contributed by atoms with Crippen molar-refractivity contribution < 1.29 is 4.92 Å². The molecule has 1 aromatic heterocycles. The van der Waals surface area contributed by atoms with Gasteiger partial charge < -0.3 is 5.73 Å². The van der Waals surface area contributed by atoms with Gasteiger partial charge in [0.25, 0.3) is 11.2 Å². The highest BCUT2D eigenvalue weighted by Gasteiger charge is 2.12. The van der Waals surface area contributed by atoms with Crippen LogP contribution in [0.5, 0.6) is 0 Å². The number of rotatable bonds is 4. The summed E-state index contributed by atoms with van der Waals surface area (Å²) in [7, 11) is 0. The number of aromatic nitrogens is 2. The van der Waals surface area contributed by atoms with Gasteiger partial charge in [0.05, 0.1) is 10.6 Å². The van der Waals surface area contributed by atoms with Crippen LogP contribution in [0.1, 0.15) is 11.3 Å². The number of nitro benzene ring substituents is 1. The second kappa shape index (κ2) is 5.07. The number of hydrogen-bond acceptors (Lipinski definition) is 4. The van der Waals surface area contributed by atoms with Gasteiger partial charge in [-0.1, -0.05) is 0 Å². The lowest BCUT2D eigenvalue weighted by atomic mass is 10.2. The van der Waals surface area contributed by atoms with Crippen molar-refractivity contribution in [2.24, 2.45) is 5.73 Å². The fraction of sp³-hybridized carbons (Fsp3) is 0.250. The van der Waals surface area contributed by atoms with E-state index < -0.39 is 4.92 Å². The first-order chi connectivity index (χ1) is 9.04. The molecule has 7 heteroatoms. The molecule has 0 radical (unpaired) electrons. The Morgan fingerprint density at radius 1 is 1.37 bits per heavy atom. The molecule has 1 heterocycles. The maximum atomic E-state index is 11.8. The molecule has 0 unspecified atom stereocenters. The van der Waals surface area contributed by atoms with E-state index in [1.165, 1.54) is 12.1 Å². The van der Waals surface area contributed by atoms with Crippen molar-refractivity contribution in [3.63, 3.8) is 0 Å². The zero-order chi connectivity index (χ0) is 14.0. The molecule has 0 amide bonds. The Morgan fingerprint density at radius 2 is 2.00 bits per heavy atom. The molecule has 0 aliphatic heterocycles. The van der Waals surface area contributed by atoms with Gasteiger partial charge in [-0.3, -0.25) is 24.7 Å². The van der Waals surface area contributed by atoms with Crippen LogP contribution >= 0.6 is 0 Å². The molecule has 1 aromatic carbocycles. The lowest BCUT2D eigenvalue weighted by Gasteiger charge is -2.05. The Balaban J connectivity index is 2.45. The summed E-state index contributed by atoms with van der Waals surface area (Å²) < 4.78 is 1.61. The summed E-state index contributed by atoms with van der Waals surface area (Å²) >= 11 is 0. The fourth-order valence-electron chi connectivity index (χ4n) is 1.97. The van der Waals surface area contributed by atoms with Crippen LogP contribution in [-0.4, -0.2) is 21.2 Å². The molecule has 0 aliphatic carbocycles. The number of benzene rings is 1. The maximum absolute atomic E-state index is 11.8. The van der Waals surface area contributed by atoms with E-state index >= 15 is 0 Å². The quantitative estimate of drug-likeness (QED) is 0.630. The number of nitrogens with one attached hydrogen (secondary N) is 1. The predicted octanol–water partition coefficient (Wildman–Crippen LogP) is 0.883. The maximum Gasteiger partial charge on any atom is 0.269 e. The van der Waals surface area contributed by atoms with Crippen LogP contribution in [0.25, 0.3) is 5.69 Å². The molecule has 0 spiro atoms. The molecular formula is C12H14N4O3. The number of H-pyrrole nitrogens is 1. The molecule has 3 N–H and O–H groups in total. The number of nitro groups is 1. The first-order valence-electron chi connectivity index (χ1n) is 5.80. The zero-order valence-electron chi connectivity index (χ0n) is 10.4. The van der Waals surface area contributed by atoms with Crippen LogP contribution in [0, 0.1) is 17.0 Å². The highest BCUT2D eigenvalue weighted by atomic mass is 16.6. The molecule has 7 nitrogen and oxygen atoms in total. The molecule has 0 aliphatic rings. The Labute approximate surface area is 108 Å². The van der Waals surface area contributed by atoms with Gasteiger partial charge in [0.2, 0.25) is 0 Å². The molecule has 0 atom stereocenters. The van der Waals surface area contributed by atoms with E-state index in [2.05, 4.69) is 5.10 Å². The van der Waals surface area contributed by atoms with Crippen LogP contribution in [0.3, 0.4) is 0 Å². The standard InChI is InChI=1S/C12H14N4O3/c1-8-11(6-7-13)12(17)14-15(8)9-2-4-10(5-3-9)16(18)19/h2-5H,6-7,13H2,1H3,(H,14,17). The third-order valence-corrected chi connectivity index (χ3v) is 2.97. The van der Waals surface area contributed by atoms with Gasteiger partial charge in [-0.05, 0) is 32.0 Å². The second-order valence-corrected chi connectivity index (χ2v) is 4.15. The van der Waals surface area contributed by atoms with Crippen LogP contribution in [0.15, 0.2) is 29.1 Å².